The van der Waals surface area contributed by atoms with Gasteiger partial charge >= 0.3 is 0 Å². The number of nitrogen functional groups attached to an aromatic ring is 1. The molecule has 94 valence electrons. The van der Waals surface area contributed by atoms with E-state index in [9.17, 15) is 4.79 Å². The summed E-state index contributed by atoms with van der Waals surface area (Å²) in [5.41, 5.74) is 6.44. The zero-order valence-electron chi connectivity index (χ0n) is 9.39. The summed E-state index contributed by atoms with van der Waals surface area (Å²) in [5, 5.41) is 6.67. The zero-order chi connectivity index (χ0) is 13.0. The molecule has 6 nitrogen and oxygen atoms in total. The number of hydrogen-bond acceptors (Lipinski definition) is 5. The molecular formula is C11H11ClN4O2. The first-order valence-electron chi connectivity index (χ1n) is 5.25. The largest absolute Gasteiger partial charge is 0.398 e. The lowest BCUT2D eigenvalue weighted by Crippen LogP contribution is -2.26. The molecule has 2 rings (SSSR count). The van der Waals surface area contributed by atoms with Crippen molar-refractivity contribution in [1.82, 2.24) is 15.5 Å². The highest BCUT2D eigenvalue weighted by Crippen LogP contribution is 2.17. The van der Waals surface area contributed by atoms with Crippen LogP contribution in [0.2, 0.25) is 5.02 Å². The Labute approximate surface area is 108 Å². The van der Waals surface area contributed by atoms with E-state index in [1.54, 1.807) is 12.1 Å². The Balaban J connectivity index is 1.91. The molecule has 0 fully saturated rings. The molecule has 0 radical (unpaired) electrons. The zero-order valence-corrected chi connectivity index (χ0v) is 10.1. The van der Waals surface area contributed by atoms with Crippen molar-refractivity contribution in [3.8, 4) is 0 Å². The van der Waals surface area contributed by atoms with Gasteiger partial charge in [-0.05, 0) is 18.2 Å². The summed E-state index contributed by atoms with van der Waals surface area (Å²) in [6.45, 7) is 0.392. The van der Waals surface area contributed by atoms with E-state index in [0.717, 1.165) is 0 Å². The molecule has 0 bridgehead atoms. The van der Waals surface area contributed by atoms with Crippen molar-refractivity contribution < 1.29 is 9.32 Å². The Kier molecular flexibility index (Phi) is 3.78. The Hall–Kier alpha value is -2.08. The quantitative estimate of drug-likeness (QED) is 0.813. The van der Waals surface area contributed by atoms with E-state index in [4.69, 9.17) is 21.9 Å². The fraction of sp³-hybridized carbons (Fsp3) is 0.182. The maximum atomic E-state index is 11.8. The van der Waals surface area contributed by atoms with Crippen molar-refractivity contribution in [3.05, 3.63) is 41.0 Å². The van der Waals surface area contributed by atoms with Gasteiger partial charge < -0.3 is 15.6 Å². The lowest BCUT2D eigenvalue weighted by atomic mass is 10.1. The van der Waals surface area contributed by atoms with E-state index >= 15 is 0 Å². The van der Waals surface area contributed by atoms with Crippen molar-refractivity contribution in [2.45, 2.75) is 6.42 Å². The minimum atomic E-state index is -0.260. The molecule has 0 saturated carbocycles. The molecule has 2 aromatic rings. The molecule has 0 saturated heterocycles. The van der Waals surface area contributed by atoms with Crippen LogP contribution in [0.4, 0.5) is 5.69 Å². The maximum Gasteiger partial charge on any atom is 0.253 e. The molecule has 0 aliphatic heterocycles. The highest BCUT2D eigenvalue weighted by molar-refractivity contribution is 6.31. The van der Waals surface area contributed by atoms with E-state index in [0.29, 0.717) is 35.1 Å². The molecular weight excluding hydrogens is 256 g/mol. The van der Waals surface area contributed by atoms with Gasteiger partial charge in [-0.3, -0.25) is 4.79 Å². The molecule has 1 aromatic heterocycles. The summed E-state index contributed by atoms with van der Waals surface area (Å²) in [6.07, 6.45) is 1.79. The molecule has 1 amide bonds. The highest BCUT2D eigenvalue weighted by atomic mass is 35.5. The number of aromatic nitrogens is 2. The van der Waals surface area contributed by atoms with Gasteiger partial charge in [-0.1, -0.05) is 16.8 Å². The molecule has 18 heavy (non-hydrogen) atoms. The van der Waals surface area contributed by atoms with Crippen LogP contribution in [-0.4, -0.2) is 22.6 Å². The van der Waals surface area contributed by atoms with Gasteiger partial charge in [0.05, 0.1) is 5.56 Å². The summed E-state index contributed by atoms with van der Waals surface area (Å²) in [5.74, 6) is 0.211. The second kappa shape index (κ2) is 5.50. The van der Waals surface area contributed by atoms with Crippen LogP contribution in [0.5, 0.6) is 0 Å². The van der Waals surface area contributed by atoms with E-state index in [-0.39, 0.29) is 5.91 Å². The van der Waals surface area contributed by atoms with E-state index < -0.39 is 0 Å². The number of halogens is 1. The SMILES string of the molecule is Nc1cc(Cl)ccc1C(=O)NCCc1ncno1. The van der Waals surface area contributed by atoms with Crippen LogP contribution < -0.4 is 11.1 Å². The van der Waals surface area contributed by atoms with Crippen molar-refractivity contribution in [2.75, 3.05) is 12.3 Å². The van der Waals surface area contributed by atoms with Crippen LogP contribution in [0, 0.1) is 0 Å². The van der Waals surface area contributed by atoms with E-state index in [1.807, 2.05) is 0 Å². The predicted molar refractivity (Wildman–Crippen MR) is 66.2 cm³/mol. The summed E-state index contributed by atoms with van der Waals surface area (Å²) in [6, 6.07) is 4.74. The third-order valence-electron chi connectivity index (χ3n) is 2.29. The van der Waals surface area contributed by atoms with E-state index in [1.165, 1.54) is 12.4 Å². The van der Waals surface area contributed by atoms with Crippen molar-refractivity contribution in [3.63, 3.8) is 0 Å². The van der Waals surface area contributed by atoms with Gasteiger partial charge in [0.15, 0.2) is 6.33 Å². The van der Waals surface area contributed by atoms with Crippen LogP contribution in [0.15, 0.2) is 29.0 Å². The monoisotopic (exact) mass is 266 g/mol. The van der Waals surface area contributed by atoms with Crippen LogP contribution >= 0.6 is 11.6 Å². The number of carbonyl (C=O) groups is 1. The first-order chi connectivity index (χ1) is 8.66. The topological polar surface area (TPSA) is 94.0 Å². The number of nitrogens with zero attached hydrogens (tertiary/aromatic N) is 2. The Morgan fingerprint density at radius 1 is 1.50 bits per heavy atom. The van der Waals surface area contributed by atoms with Gasteiger partial charge in [-0.25, -0.2) is 0 Å². The number of anilines is 1. The molecule has 0 atom stereocenters. The summed E-state index contributed by atoms with van der Waals surface area (Å²) in [7, 11) is 0. The lowest BCUT2D eigenvalue weighted by Gasteiger charge is -2.06. The number of nitrogens with two attached hydrogens (primary N) is 1. The number of amides is 1. The number of rotatable bonds is 4. The van der Waals surface area contributed by atoms with Crippen LogP contribution in [0.25, 0.3) is 0 Å². The van der Waals surface area contributed by atoms with Gasteiger partial charge in [0.1, 0.15) is 0 Å². The number of hydrogen-bond donors (Lipinski definition) is 2. The Morgan fingerprint density at radius 3 is 3.00 bits per heavy atom. The molecule has 0 spiro atoms. The fourth-order valence-corrected chi connectivity index (χ4v) is 1.61. The van der Waals surface area contributed by atoms with Crippen LogP contribution in [-0.2, 0) is 6.42 Å². The minimum Gasteiger partial charge on any atom is -0.398 e. The molecule has 1 aromatic carbocycles. The Morgan fingerprint density at radius 2 is 2.33 bits per heavy atom. The summed E-state index contributed by atoms with van der Waals surface area (Å²) < 4.78 is 4.81. The average Bonchev–Trinajstić information content (AvgIpc) is 2.81. The molecule has 3 N–H and O–H groups in total. The summed E-state index contributed by atoms with van der Waals surface area (Å²) >= 11 is 5.75. The van der Waals surface area contributed by atoms with Gasteiger partial charge in [0, 0.05) is 23.7 Å². The smallest absolute Gasteiger partial charge is 0.253 e. The standard InChI is InChI=1S/C11H11ClN4O2/c12-7-1-2-8(9(13)5-7)11(17)14-4-3-10-15-6-16-18-10/h1-2,5-6H,3-4,13H2,(H,14,17). The first-order valence-corrected chi connectivity index (χ1v) is 5.63. The van der Waals surface area contributed by atoms with Crippen molar-refractivity contribution >= 4 is 23.2 Å². The van der Waals surface area contributed by atoms with Gasteiger partial charge in [-0.15, -0.1) is 0 Å². The third kappa shape index (κ3) is 2.98. The van der Waals surface area contributed by atoms with Gasteiger partial charge in [-0.2, -0.15) is 4.98 Å². The van der Waals surface area contributed by atoms with E-state index in [2.05, 4.69) is 15.5 Å². The maximum absolute atomic E-state index is 11.8. The van der Waals surface area contributed by atoms with Gasteiger partial charge in [0.25, 0.3) is 5.91 Å². The second-order valence-corrected chi connectivity index (χ2v) is 4.01. The molecule has 0 unspecified atom stereocenters. The minimum absolute atomic E-state index is 0.260. The normalized spacial score (nSPS) is 10.3. The number of carbonyl (C=O) groups excluding carboxylic acids is 1. The van der Waals surface area contributed by atoms with Crippen molar-refractivity contribution in [2.24, 2.45) is 0 Å². The molecule has 7 heteroatoms. The second-order valence-electron chi connectivity index (χ2n) is 3.57. The van der Waals surface area contributed by atoms with Gasteiger partial charge in [0.2, 0.25) is 5.89 Å². The summed E-state index contributed by atoms with van der Waals surface area (Å²) in [4.78, 5) is 15.6. The molecule has 1 heterocycles. The lowest BCUT2D eigenvalue weighted by molar-refractivity contribution is 0.0954. The number of nitrogens with one attached hydrogen (secondary N) is 1. The number of benzene rings is 1. The van der Waals surface area contributed by atoms with Crippen LogP contribution in [0.3, 0.4) is 0 Å². The molecule has 0 aliphatic rings. The highest BCUT2D eigenvalue weighted by Gasteiger charge is 2.09. The molecule has 0 aliphatic carbocycles. The Bertz CT molecular complexity index is 542. The van der Waals surface area contributed by atoms with Crippen molar-refractivity contribution in [1.29, 1.82) is 0 Å². The predicted octanol–water partition coefficient (Wildman–Crippen LogP) is 1.28. The first kappa shape index (κ1) is 12.4. The fourth-order valence-electron chi connectivity index (χ4n) is 1.42. The van der Waals surface area contributed by atoms with Crippen LogP contribution in [0.1, 0.15) is 16.2 Å². The third-order valence-corrected chi connectivity index (χ3v) is 2.52. The average molecular weight is 267 g/mol.